The molecule has 1 heterocycles. The fourth-order valence-electron chi connectivity index (χ4n) is 6.58. The van der Waals surface area contributed by atoms with E-state index in [1.165, 1.54) is 6.07 Å². The summed E-state index contributed by atoms with van der Waals surface area (Å²) < 4.78 is 11.3. The molecule has 5 rings (SSSR count). The molecule has 0 aromatic heterocycles. The summed E-state index contributed by atoms with van der Waals surface area (Å²) >= 11 is 0. The highest BCUT2D eigenvalue weighted by atomic mass is 16.5. The van der Waals surface area contributed by atoms with E-state index in [-0.39, 0.29) is 40.3 Å². The van der Waals surface area contributed by atoms with E-state index in [0.717, 1.165) is 17.0 Å². The highest BCUT2D eigenvalue weighted by molar-refractivity contribution is 6.07. The second kappa shape index (κ2) is 10.9. The van der Waals surface area contributed by atoms with Gasteiger partial charge in [0.2, 0.25) is 0 Å². The lowest BCUT2D eigenvalue weighted by Gasteiger charge is -2.49. The molecule has 3 aliphatic rings. The predicted octanol–water partition coefficient (Wildman–Crippen LogP) is 4.96. The second-order valence-electron chi connectivity index (χ2n) is 13.0. The molecule has 2 aromatic carbocycles. The number of methoxy groups -OCH3 is 1. The van der Waals surface area contributed by atoms with Crippen LogP contribution in [-0.2, 0) is 20.9 Å². The Morgan fingerprint density at radius 3 is 2.02 bits per heavy atom. The molecule has 216 valence electrons. The third kappa shape index (κ3) is 5.73. The molecule has 7 heteroatoms. The van der Waals surface area contributed by atoms with E-state index in [4.69, 9.17) is 9.47 Å². The Balaban J connectivity index is 1.66. The Kier molecular flexibility index (Phi) is 7.68. The number of ether oxygens (including phenoxy) is 2. The quantitative estimate of drug-likeness (QED) is 0.453. The van der Waals surface area contributed by atoms with Crippen molar-refractivity contribution >= 4 is 17.5 Å². The highest BCUT2D eigenvalue weighted by Gasteiger charge is 2.48. The van der Waals surface area contributed by atoms with Crippen molar-refractivity contribution in [2.24, 2.45) is 10.8 Å². The zero-order chi connectivity index (χ0) is 29.5. The van der Waals surface area contributed by atoms with Gasteiger partial charge in [0.05, 0.1) is 12.6 Å². The van der Waals surface area contributed by atoms with Gasteiger partial charge in [-0.2, -0.15) is 0 Å². The lowest BCUT2D eigenvalue weighted by molar-refractivity contribution is -0.255. The molecule has 0 spiro atoms. The maximum absolute atomic E-state index is 13.9. The number of carboxylic acids is 1. The van der Waals surface area contributed by atoms with Crippen molar-refractivity contribution in [3.05, 3.63) is 87.8 Å². The fraction of sp³-hybridized carbons (Fsp3) is 0.441. The van der Waals surface area contributed by atoms with Gasteiger partial charge in [-0.05, 0) is 46.9 Å². The number of benzene rings is 2. The molecular formula is C34H38NO6-. The summed E-state index contributed by atoms with van der Waals surface area (Å²) in [6.07, 6.45) is 2.05. The number of carbonyl (C=O) groups excluding carboxylic acids is 3. The Hall–Kier alpha value is -3.71. The molecule has 0 radical (unpaired) electrons. The van der Waals surface area contributed by atoms with E-state index >= 15 is 0 Å². The van der Waals surface area contributed by atoms with Crippen LogP contribution in [0.5, 0.6) is 5.75 Å². The SMILES string of the molecule is COCCN1C2=C(C(=O)CC(C)(C)C2)C(c2ccc(OCc3ccccc3)c(C(=O)[O-])c2)C2=C1CC(C)(C)CC2=O. The Labute approximate surface area is 241 Å². The first-order valence-corrected chi connectivity index (χ1v) is 14.2. The first-order valence-electron chi connectivity index (χ1n) is 14.2. The summed E-state index contributed by atoms with van der Waals surface area (Å²) in [7, 11) is 1.64. The van der Waals surface area contributed by atoms with E-state index in [9.17, 15) is 19.5 Å². The molecule has 2 aliphatic carbocycles. The van der Waals surface area contributed by atoms with Gasteiger partial charge in [0.25, 0.3) is 0 Å². The van der Waals surface area contributed by atoms with Crippen molar-refractivity contribution in [1.82, 2.24) is 4.90 Å². The third-order valence-electron chi connectivity index (χ3n) is 8.33. The summed E-state index contributed by atoms with van der Waals surface area (Å²) in [5.74, 6) is -1.85. The lowest BCUT2D eigenvalue weighted by Crippen LogP contribution is -2.45. The van der Waals surface area contributed by atoms with Crippen LogP contribution in [0.1, 0.15) is 80.8 Å². The molecular weight excluding hydrogens is 518 g/mol. The Bertz CT molecular complexity index is 1390. The van der Waals surface area contributed by atoms with E-state index in [1.54, 1.807) is 19.2 Å². The Morgan fingerprint density at radius 2 is 1.49 bits per heavy atom. The van der Waals surface area contributed by atoms with E-state index in [1.807, 2.05) is 30.3 Å². The van der Waals surface area contributed by atoms with Crippen LogP contribution in [0.25, 0.3) is 0 Å². The van der Waals surface area contributed by atoms with Crippen molar-refractivity contribution in [3.8, 4) is 5.75 Å². The lowest BCUT2D eigenvalue weighted by atomic mass is 9.63. The minimum absolute atomic E-state index is 0.00717. The smallest absolute Gasteiger partial charge is 0.162 e. The summed E-state index contributed by atoms with van der Waals surface area (Å²) in [4.78, 5) is 42.3. The molecule has 41 heavy (non-hydrogen) atoms. The van der Waals surface area contributed by atoms with Crippen molar-refractivity contribution in [2.45, 2.75) is 65.9 Å². The topological polar surface area (TPSA) is 96.0 Å². The van der Waals surface area contributed by atoms with Gasteiger partial charge in [0, 0.05) is 60.5 Å². The van der Waals surface area contributed by atoms with Gasteiger partial charge in [0.1, 0.15) is 12.4 Å². The minimum atomic E-state index is -1.37. The molecule has 1 aliphatic heterocycles. The van der Waals surface area contributed by atoms with Gasteiger partial charge >= 0.3 is 0 Å². The fourth-order valence-corrected chi connectivity index (χ4v) is 6.58. The van der Waals surface area contributed by atoms with Crippen molar-refractivity contribution in [1.29, 1.82) is 0 Å². The predicted molar refractivity (Wildman–Crippen MR) is 153 cm³/mol. The van der Waals surface area contributed by atoms with Gasteiger partial charge < -0.3 is 24.3 Å². The molecule has 0 fully saturated rings. The zero-order valence-corrected chi connectivity index (χ0v) is 24.5. The van der Waals surface area contributed by atoms with Crippen molar-refractivity contribution in [3.63, 3.8) is 0 Å². The summed E-state index contributed by atoms with van der Waals surface area (Å²) in [5, 5.41) is 12.3. The second-order valence-corrected chi connectivity index (χ2v) is 13.0. The number of ketones is 2. The summed E-state index contributed by atoms with van der Waals surface area (Å²) in [5.41, 5.74) is 3.91. The molecule has 0 saturated carbocycles. The first-order chi connectivity index (χ1) is 19.4. The van der Waals surface area contributed by atoms with Crippen LogP contribution in [0, 0.1) is 10.8 Å². The van der Waals surface area contributed by atoms with Crippen LogP contribution >= 0.6 is 0 Å². The molecule has 0 unspecified atom stereocenters. The molecule has 0 N–H and O–H groups in total. The van der Waals surface area contributed by atoms with Gasteiger partial charge in [-0.15, -0.1) is 0 Å². The van der Waals surface area contributed by atoms with E-state index in [2.05, 4.69) is 32.6 Å². The molecule has 0 saturated heterocycles. The molecule has 0 atom stereocenters. The van der Waals surface area contributed by atoms with Crippen LogP contribution in [0.4, 0.5) is 0 Å². The van der Waals surface area contributed by atoms with Crippen LogP contribution in [0.2, 0.25) is 0 Å². The maximum Gasteiger partial charge on any atom is 0.162 e. The van der Waals surface area contributed by atoms with Gasteiger partial charge in [0.15, 0.2) is 11.6 Å². The van der Waals surface area contributed by atoms with Crippen molar-refractivity contribution < 1.29 is 29.0 Å². The Morgan fingerprint density at radius 1 is 0.902 bits per heavy atom. The maximum atomic E-state index is 13.9. The summed E-state index contributed by atoms with van der Waals surface area (Å²) in [6, 6.07) is 14.4. The normalized spacial score (nSPS) is 20.2. The van der Waals surface area contributed by atoms with Gasteiger partial charge in [-0.3, -0.25) is 9.59 Å². The molecule has 7 nitrogen and oxygen atoms in total. The highest BCUT2D eigenvalue weighted by Crippen LogP contribution is 2.54. The molecule has 0 amide bonds. The molecule has 2 aromatic rings. The minimum Gasteiger partial charge on any atom is -0.545 e. The average molecular weight is 557 g/mol. The third-order valence-corrected chi connectivity index (χ3v) is 8.33. The number of hydrogen-bond donors (Lipinski definition) is 0. The number of aromatic carboxylic acids is 1. The van der Waals surface area contributed by atoms with Crippen LogP contribution < -0.4 is 9.84 Å². The molecule has 0 bridgehead atoms. The first kappa shape index (κ1) is 28.8. The summed E-state index contributed by atoms with van der Waals surface area (Å²) in [6.45, 7) is 9.53. The number of rotatable bonds is 8. The largest absolute Gasteiger partial charge is 0.545 e. The number of Topliss-reactive ketones (excluding diaryl/α,β-unsaturated/α-hetero) is 2. The zero-order valence-electron chi connectivity index (χ0n) is 24.5. The van der Waals surface area contributed by atoms with Crippen LogP contribution in [-0.4, -0.2) is 42.7 Å². The van der Waals surface area contributed by atoms with Crippen LogP contribution in [0.15, 0.2) is 71.1 Å². The number of nitrogens with zero attached hydrogens (tertiary/aromatic N) is 1. The number of carbonyl (C=O) groups is 3. The number of carboxylic acid groups (broad SMARTS) is 1. The number of hydrogen-bond acceptors (Lipinski definition) is 7. The van der Waals surface area contributed by atoms with Crippen LogP contribution in [0.3, 0.4) is 0 Å². The van der Waals surface area contributed by atoms with Crippen molar-refractivity contribution in [2.75, 3.05) is 20.3 Å². The van der Waals surface area contributed by atoms with E-state index < -0.39 is 11.9 Å². The van der Waals surface area contributed by atoms with E-state index in [0.29, 0.717) is 55.5 Å². The average Bonchev–Trinajstić information content (AvgIpc) is 2.89. The monoisotopic (exact) mass is 556 g/mol. The van der Waals surface area contributed by atoms with Gasteiger partial charge in [-0.25, -0.2) is 0 Å². The standard InChI is InChI=1S/C34H39NO6/c1-33(2)16-24-30(26(36)18-33)29(31-25(35(24)13-14-40-5)17-34(3,4)19-27(31)37)22-11-12-28(23(15-22)32(38)39)41-20-21-9-7-6-8-10-21/h6-12,15,29H,13-14,16-20H2,1-5H3,(H,38,39)/p-1. The number of allylic oxidation sites excluding steroid dienone is 4. The van der Waals surface area contributed by atoms with Gasteiger partial charge in [-0.1, -0.05) is 64.1 Å².